The average molecular weight is 261 g/mol. The van der Waals surface area contributed by atoms with Crippen LogP contribution in [-0.4, -0.2) is 10.9 Å². The largest absolute Gasteiger partial charge is 0.452 e. The summed E-state index contributed by atoms with van der Waals surface area (Å²) in [6.45, 7) is 1.71. The highest BCUT2D eigenvalue weighted by atomic mass is 16.7. The summed E-state index contributed by atoms with van der Waals surface area (Å²) < 4.78 is 9.93. The van der Waals surface area contributed by atoms with E-state index in [0.717, 1.165) is 11.6 Å². The molecule has 0 fully saturated rings. The summed E-state index contributed by atoms with van der Waals surface area (Å²) >= 11 is 0. The van der Waals surface area contributed by atoms with Crippen molar-refractivity contribution < 1.29 is 18.9 Å². The van der Waals surface area contributed by atoms with Crippen LogP contribution in [0.1, 0.15) is 29.1 Å². The van der Waals surface area contributed by atoms with Gasteiger partial charge in [0, 0.05) is 0 Å². The van der Waals surface area contributed by atoms with E-state index in [1.807, 2.05) is 30.3 Å². The Labute approximate surface area is 108 Å². The van der Waals surface area contributed by atoms with E-state index in [2.05, 4.69) is 0 Å². The monoisotopic (exact) mass is 261 g/mol. The molecule has 2 aromatic rings. The van der Waals surface area contributed by atoms with Crippen molar-refractivity contribution in [3.05, 3.63) is 63.9 Å². The predicted molar refractivity (Wildman–Crippen MR) is 65.6 cm³/mol. The van der Waals surface area contributed by atoms with Crippen molar-refractivity contribution in [3.63, 3.8) is 0 Å². The number of hydrogen-bond acceptors (Lipinski definition) is 5. The molecule has 1 aromatic heterocycles. The van der Waals surface area contributed by atoms with E-state index in [0.29, 0.717) is 0 Å². The molecule has 1 atom stereocenters. The van der Waals surface area contributed by atoms with E-state index in [4.69, 9.17) is 9.15 Å². The molecule has 0 radical (unpaired) electrons. The van der Waals surface area contributed by atoms with Gasteiger partial charge in [-0.3, -0.25) is 10.1 Å². The third kappa shape index (κ3) is 2.98. The molecule has 0 spiro atoms. The van der Waals surface area contributed by atoms with Gasteiger partial charge in [-0.05, 0) is 18.6 Å². The first-order valence-corrected chi connectivity index (χ1v) is 5.58. The lowest BCUT2D eigenvalue weighted by atomic mass is 10.1. The summed E-state index contributed by atoms with van der Waals surface area (Å²) in [5, 5.41) is 10.4. The van der Waals surface area contributed by atoms with E-state index in [1.54, 1.807) is 6.92 Å². The van der Waals surface area contributed by atoms with E-state index >= 15 is 0 Å². The zero-order valence-electron chi connectivity index (χ0n) is 10.1. The lowest BCUT2D eigenvalue weighted by Crippen LogP contribution is -2.08. The Morgan fingerprint density at radius 3 is 2.53 bits per heavy atom. The SMILES string of the molecule is C[C@H](OC(=O)c1ccc([N+](=O)[O-])o1)c1ccccc1. The number of carbonyl (C=O) groups is 1. The van der Waals surface area contributed by atoms with Crippen LogP contribution in [0.5, 0.6) is 0 Å². The fourth-order valence-electron chi connectivity index (χ4n) is 1.55. The second-order valence-corrected chi connectivity index (χ2v) is 3.85. The van der Waals surface area contributed by atoms with Crippen LogP contribution in [0.2, 0.25) is 0 Å². The summed E-state index contributed by atoms with van der Waals surface area (Å²) in [5.41, 5.74) is 0.830. The molecule has 1 heterocycles. The molecule has 6 nitrogen and oxygen atoms in total. The van der Waals surface area contributed by atoms with Gasteiger partial charge in [0.15, 0.2) is 0 Å². The summed E-state index contributed by atoms with van der Waals surface area (Å²) in [6, 6.07) is 11.5. The van der Waals surface area contributed by atoms with Gasteiger partial charge in [0.2, 0.25) is 5.76 Å². The molecule has 0 bridgehead atoms. The van der Waals surface area contributed by atoms with Crippen LogP contribution in [0.15, 0.2) is 46.9 Å². The van der Waals surface area contributed by atoms with Crippen LogP contribution in [0.4, 0.5) is 5.88 Å². The third-order valence-electron chi connectivity index (χ3n) is 2.53. The van der Waals surface area contributed by atoms with Crippen molar-refractivity contribution in [2.75, 3.05) is 0 Å². The smallest absolute Gasteiger partial charge is 0.433 e. The number of benzene rings is 1. The topological polar surface area (TPSA) is 82.6 Å². The Morgan fingerprint density at radius 2 is 1.95 bits per heavy atom. The first kappa shape index (κ1) is 12.8. The molecule has 0 saturated carbocycles. The first-order chi connectivity index (χ1) is 9.08. The van der Waals surface area contributed by atoms with E-state index in [1.165, 1.54) is 6.07 Å². The number of ether oxygens (including phenoxy) is 1. The van der Waals surface area contributed by atoms with E-state index in [9.17, 15) is 14.9 Å². The van der Waals surface area contributed by atoms with Crippen molar-refractivity contribution in [1.29, 1.82) is 0 Å². The predicted octanol–water partition coefficient (Wildman–Crippen LogP) is 3.11. The lowest BCUT2D eigenvalue weighted by Gasteiger charge is -2.12. The molecule has 98 valence electrons. The Morgan fingerprint density at radius 1 is 1.26 bits per heavy atom. The molecule has 0 saturated heterocycles. The van der Waals surface area contributed by atoms with Gasteiger partial charge in [0.05, 0.1) is 6.07 Å². The second kappa shape index (κ2) is 5.34. The molecule has 19 heavy (non-hydrogen) atoms. The summed E-state index contributed by atoms with van der Waals surface area (Å²) in [5.74, 6) is -1.40. The van der Waals surface area contributed by atoms with Crippen molar-refractivity contribution in [3.8, 4) is 0 Å². The second-order valence-electron chi connectivity index (χ2n) is 3.85. The number of hydrogen-bond donors (Lipinski definition) is 0. The molecular weight excluding hydrogens is 250 g/mol. The molecule has 0 unspecified atom stereocenters. The zero-order chi connectivity index (χ0) is 13.8. The van der Waals surface area contributed by atoms with Gasteiger partial charge in [-0.2, -0.15) is 0 Å². The molecule has 0 aliphatic carbocycles. The standard InChI is InChI=1S/C13H11NO5/c1-9(10-5-3-2-4-6-10)18-13(15)11-7-8-12(19-11)14(16)17/h2-9H,1H3/t9-/m0/s1. The van der Waals surface area contributed by atoms with Crippen molar-refractivity contribution in [1.82, 2.24) is 0 Å². The minimum atomic E-state index is -0.732. The van der Waals surface area contributed by atoms with Crippen LogP contribution >= 0.6 is 0 Å². The maximum atomic E-state index is 11.7. The molecule has 6 heteroatoms. The number of carbonyl (C=O) groups excluding carboxylic acids is 1. The number of nitrogens with zero attached hydrogens (tertiary/aromatic N) is 1. The highest BCUT2D eigenvalue weighted by molar-refractivity contribution is 5.86. The van der Waals surface area contributed by atoms with Crippen LogP contribution in [0.3, 0.4) is 0 Å². The Bertz CT molecular complexity index is 590. The van der Waals surface area contributed by atoms with Gasteiger partial charge >= 0.3 is 11.9 Å². The normalized spacial score (nSPS) is 11.8. The number of furan rings is 1. The maximum Gasteiger partial charge on any atom is 0.433 e. The number of nitro groups is 1. The third-order valence-corrected chi connectivity index (χ3v) is 2.53. The molecule has 0 N–H and O–H groups in total. The van der Waals surface area contributed by atoms with Crippen molar-refractivity contribution >= 4 is 11.9 Å². The summed E-state index contributed by atoms with van der Waals surface area (Å²) in [4.78, 5) is 21.5. The van der Waals surface area contributed by atoms with E-state index in [-0.39, 0.29) is 5.76 Å². The quantitative estimate of drug-likeness (QED) is 0.479. The number of esters is 1. The van der Waals surface area contributed by atoms with Gasteiger partial charge in [-0.1, -0.05) is 30.3 Å². The average Bonchev–Trinajstić information content (AvgIpc) is 2.89. The minimum Gasteiger partial charge on any atom is -0.452 e. The Kier molecular flexibility index (Phi) is 3.61. The van der Waals surface area contributed by atoms with Crippen LogP contribution < -0.4 is 0 Å². The van der Waals surface area contributed by atoms with Gasteiger partial charge < -0.3 is 9.15 Å². The highest BCUT2D eigenvalue weighted by Crippen LogP contribution is 2.21. The van der Waals surface area contributed by atoms with Crippen molar-refractivity contribution in [2.24, 2.45) is 0 Å². The first-order valence-electron chi connectivity index (χ1n) is 5.58. The minimum absolute atomic E-state index is 0.186. The molecule has 2 rings (SSSR count). The zero-order valence-corrected chi connectivity index (χ0v) is 10.1. The van der Waals surface area contributed by atoms with E-state index < -0.39 is 22.9 Å². The van der Waals surface area contributed by atoms with Crippen LogP contribution in [0, 0.1) is 10.1 Å². The van der Waals surface area contributed by atoms with Crippen molar-refractivity contribution in [2.45, 2.75) is 13.0 Å². The molecule has 1 aromatic carbocycles. The fourth-order valence-corrected chi connectivity index (χ4v) is 1.55. The summed E-state index contributed by atoms with van der Waals surface area (Å²) in [7, 11) is 0. The molecular formula is C13H11NO5. The van der Waals surface area contributed by atoms with Gasteiger partial charge in [-0.25, -0.2) is 4.79 Å². The highest BCUT2D eigenvalue weighted by Gasteiger charge is 2.20. The molecule has 0 amide bonds. The Hall–Kier alpha value is -2.63. The number of rotatable bonds is 4. The molecule has 0 aliphatic rings. The van der Waals surface area contributed by atoms with Crippen LogP contribution in [-0.2, 0) is 4.74 Å². The van der Waals surface area contributed by atoms with Gasteiger partial charge in [0.25, 0.3) is 0 Å². The fraction of sp³-hybridized carbons (Fsp3) is 0.154. The summed E-state index contributed by atoms with van der Waals surface area (Å²) in [6.07, 6.45) is -0.460. The van der Waals surface area contributed by atoms with Crippen LogP contribution in [0.25, 0.3) is 0 Å². The molecule has 0 aliphatic heterocycles. The van der Waals surface area contributed by atoms with Gasteiger partial charge in [-0.15, -0.1) is 0 Å². The Balaban J connectivity index is 2.06. The van der Waals surface area contributed by atoms with Gasteiger partial charge in [0.1, 0.15) is 11.0 Å². The maximum absolute atomic E-state index is 11.7. The lowest BCUT2D eigenvalue weighted by molar-refractivity contribution is -0.402.